The maximum atomic E-state index is 6.10. The molecule has 1 heterocycles. The van der Waals surface area contributed by atoms with Crippen molar-refractivity contribution in [1.82, 2.24) is 0 Å². The maximum Gasteiger partial charge on any atom is 0.162 e. The molecule has 3 aromatic carbocycles. The van der Waals surface area contributed by atoms with Gasteiger partial charge < -0.3 is 24.4 Å². The van der Waals surface area contributed by atoms with Crippen LogP contribution >= 0.6 is 39.1 Å². The lowest BCUT2D eigenvalue weighted by Gasteiger charge is -2.29. The largest absolute Gasteiger partial charge is 0.493 e. The van der Waals surface area contributed by atoms with E-state index in [-0.39, 0.29) is 0 Å². The van der Waals surface area contributed by atoms with Crippen molar-refractivity contribution in [3.63, 3.8) is 0 Å². The van der Waals surface area contributed by atoms with Crippen LogP contribution in [-0.2, 0) is 17.9 Å². The summed E-state index contributed by atoms with van der Waals surface area (Å²) in [5.41, 5.74) is 4.26. The van der Waals surface area contributed by atoms with E-state index in [2.05, 4.69) is 50.4 Å². The summed E-state index contributed by atoms with van der Waals surface area (Å²) in [6.45, 7) is 4.41. The molecule has 0 spiro atoms. The second-order valence-electron chi connectivity index (χ2n) is 7.63. The van der Waals surface area contributed by atoms with Crippen LogP contribution in [0.4, 0.5) is 11.4 Å². The predicted molar refractivity (Wildman–Crippen MR) is 138 cm³/mol. The first-order valence-corrected chi connectivity index (χ1v) is 12.2. The van der Waals surface area contributed by atoms with E-state index in [1.165, 1.54) is 5.69 Å². The van der Waals surface area contributed by atoms with Gasteiger partial charge in [-0.15, -0.1) is 0 Å². The molecule has 0 atom stereocenters. The summed E-state index contributed by atoms with van der Waals surface area (Å²) in [4.78, 5) is 2.34. The Balaban J connectivity index is 1.39. The minimum Gasteiger partial charge on any atom is -0.493 e. The average molecular weight is 552 g/mol. The van der Waals surface area contributed by atoms with Gasteiger partial charge in [-0.25, -0.2) is 0 Å². The Labute approximate surface area is 212 Å². The third kappa shape index (κ3) is 6.27. The van der Waals surface area contributed by atoms with Crippen LogP contribution in [0, 0.1) is 0 Å². The fourth-order valence-electron chi connectivity index (χ4n) is 3.58. The van der Waals surface area contributed by atoms with Crippen molar-refractivity contribution < 1.29 is 14.2 Å². The highest BCUT2D eigenvalue weighted by Gasteiger charge is 2.13. The summed E-state index contributed by atoms with van der Waals surface area (Å²) in [6.07, 6.45) is 0. The maximum absolute atomic E-state index is 6.10. The predicted octanol–water partition coefficient (Wildman–Crippen LogP) is 6.79. The van der Waals surface area contributed by atoms with Crippen molar-refractivity contribution in [3.05, 3.63) is 80.2 Å². The van der Waals surface area contributed by atoms with Gasteiger partial charge in [-0.3, -0.25) is 0 Å². The molecule has 0 unspecified atom stereocenters. The number of anilines is 2. The van der Waals surface area contributed by atoms with Gasteiger partial charge in [0.25, 0.3) is 0 Å². The molecule has 33 heavy (non-hydrogen) atoms. The lowest BCUT2D eigenvalue weighted by molar-refractivity contribution is 0.122. The van der Waals surface area contributed by atoms with Gasteiger partial charge in [0, 0.05) is 35.5 Å². The molecule has 1 fully saturated rings. The Morgan fingerprint density at radius 1 is 0.970 bits per heavy atom. The van der Waals surface area contributed by atoms with Gasteiger partial charge in [-0.2, -0.15) is 0 Å². The van der Waals surface area contributed by atoms with E-state index in [0.717, 1.165) is 47.6 Å². The Morgan fingerprint density at radius 2 is 1.73 bits per heavy atom. The molecule has 1 aliphatic heterocycles. The molecule has 1 N–H and O–H groups in total. The number of halogens is 3. The van der Waals surface area contributed by atoms with Crippen LogP contribution in [0.2, 0.25) is 10.0 Å². The highest BCUT2D eigenvalue weighted by molar-refractivity contribution is 9.10. The molecule has 1 saturated heterocycles. The fourth-order valence-corrected chi connectivity index (χ4v) is 4.37. The molecule has 8 heteroatoms. The minimum atomic E-state index is 0.354. The van der Waals surface area contributed by atoms with Crippen LogP contribution in [0.1, 0.15) is 11.1 Å². The lowest BCUT2D eigenvalue weighted by atomic mass is 10.2. The van der Waals surface area contributed by atoms with Crippen molar-refractivity contribution in [2.75, 3.05) is 43.6 Å². The number of nitrogens with one attached hydrogen (secondary N) is 1. The molecule has 0 aromatic heterocycles. The molecule has 0 saturated carbocycles. The minimum absolute atomic E-state index is 0.354. The van der Waals surface area contributed by atoms with Crippen LogP contribution in [0.25, 0.3) is 0 Å². The molecule has 174 valence electrons. The second-order valence-corrected chi connectivity index (χ2v) is 9.30. The summed E-state index contributed by atoms with van der Waals surface area (Å²) >= 11 is 15.8. The Morgan fingerprint density at radius 3 is 2.42 bits per heavy atom. The highest BCUT2D eigenvalue weighted by Crippen LogP contribution is 2.35. The van der Waals surface area contributed by atoms with Crippen LogP contribution in [0.5, 0.6) is 11.5 Å². The van der Waals surface area contributed by atoms with Crippen molar-refractivity contribution in [1.29, 1.82) is 0 Å². The number of morpholine rings is 1. The fraction of sp³-hybridized carbons (Fsp3) is 0.280. The molecule has 3 aromatic rings. The molecule has 5 nitrogen and oxygen atoms in total. The number of methoxy groups -OCH3 is 1. The quantitative estimate of drug-likeness (QED) is 0.334. The van der Waals surface area contributed by atoms with Crippen molar-refractivity contribution in [2.45, 2.75) is 13.2 Å². The Bertz CT molecular complexity index is 1090. The number of benzene rings is 3. The van der Waals surface area contributed by atoms with Crippen LogP contribution in [0.15, 0.2) is 59.1 Å². The third-order valence-electron chi connectivity index (χ3n) is 5.44. The first-order valence-electron chi connectivity index (χ1n) is 10.6. The lowest BCUT2D eigenvalue weighted by Crippen LogP contribution is -2.36. The Hall–Kier alpha value is -2.12. The normalized spacial score (nSPS) is 13.6. The number of hydrogen-bond acceptors (Lipinski definition) is 5. The topological polar surface area (TPSA) is 43.0 Å². The summed E-state index contributed by atoms with van der Waals surface area (Å²) in [7, 11) is 1.64. The summed E-state index contributed by atoms with van der Waals surface area (Å²) in [6, 6.07) is 17.8. The van der Waals surface area contributed by atoms with Gasteiger partial charge >= 0.3 is 0 Å². The van der Waals surface area contributed by atoms with Gasteiger partial charge in [0.2, 0.25) is 0 Å². The van der Waals surface area contributed by atoms with E-state index in [1.54, 1.807) is 19.2 Å². The highest BCUT2D eigenvalue weighted by atomic mass is 79.9. The number of nitrogens with zero attached hydrogens (tertiary/aromatic N) is 1. The molecular formula is C25H25BrCl2N2O3. The number of ether oxygens (including phenoxy) is 3. The van der Waals surface area contributed by atoms with Crippen LogP contribution < -0.4 is 19.7 Å². The summed E-state index contributed by atoms with van der Waals surface area (Å²) < 4.78 is 17.9. The molecule has 0 bridgehead atoms. The zero-order valence-electron chi connectivity index (χ0n) is 18.2. The Kier molecular flexibility index (Phi) is 8.25. The monoisotopic (exact) mass is 550 g/mol. The molecule has 0 aliphatic carbocycles. The second kappa shape index (κ2) is 11.3. The van der Waals surface area contributed by atoms with E-state index < -0.39 is 0 Å². The third-order valence-corrected chi connectivity index (χ3v) is 6.91. The van der Waals surface area contributed by atoms with Gasteiger partial charge in [0.1, 0.15) is 6.61 Å². The van der Waals surface area contributed by atoms with Gasteiger partial charge in [0.15, 0.2) is 11.5 Å². The standard InChI is InChI=1S/C25H25BrCl2N2O3/c1-31-24-13-18(15-29-19-3-5-20(6-4-19)30-8-10-32-11-9-30)21(26)14-25(24)33-16-17-2-7-22(27)23(28)12-17/h2-7,12-14,29H,8-11,15-16H2,1H3. The van der Waals surface area contributed by atoms with Crippen LogP contribution in [0.3, 0.4) is 0 Å². The number of rotatable bonds is 8. The SMILES string of the molecule is COc1cc(CNc2ccc(N3CCOCC3)cc2)c(Br)cc1OCc1ccc(Cl)c(Cl)c1. The van der Waals surface area contributed by atoms with Gasteiger partial charge in [-0.1, -0.05) is 45.2 Å². The van der Waals surface area contributed by atoms with E-state index in [4.69, 9.17) is 37.4 Å². The number of hydrogen-bond donors (Lipinski definition) is 1. The summed E-state index contributed by atoms with van der Waals surface area (Å²) in [5.74, 6) is 1.31. The average Bonchev–Trinajstić information content (AvgIpc) is 2.85. The molecule has 4 rings (SSSR count). The van der Waals surface area contributed by atoms with Gasteiger partial charge in [-0.05, 0) is 59.7 Å². The smallest absolute Gasteiger partial charge is 0.162 e. The first-order chi connectivity index (χ1) is 16.0. The van der Waals surface area contributed by atoms with E-state index in [1.807, 2.05) is 18.2 Å². The first kappa shape index (κ1) is 24.0. The molecular weight excluding hydrogens is 527 g/mol. The van der Waals surface area contributed by atoms with E-state index in [9.17, 15) is 0 Å². The molecule has 0 radical (unpaired) electrons. The van der Waals surface area contributed by atoms with Crippen molar-refractivity contribution in [2.24, 2.45) is 0 Å². The van der Waals surface area contributed by atoms with Crippen LogP contribution in [-0.4, -0.2) is 33.4 Å². The van der Waals surface area contributed by atoms with E-state index >= 15 is 0 Å². The summed E-state index contributed by atoms with van der Waals surface area (Å²) in [5, 5.41) is 4.50. The van der Waals surface area contributed by atoms with Crippen molar-refractivity contribution in [3.8, 4) is 11.5 Å². The zero-order chi connectivity index (χ0) is 23.2. The van der Waals surface area contributed by atoms with E-state index in [0.29, 0.717) is 34.7 Å². The zero-order valence-corrected chi connectivity index (χ0v) is 21.3. The molecule has 1 aliphatic rings. The molecule has 0 amide bonds. The van der Waals surface area contributed by atoms with Gasteiger partial charge in [0.05, 0.1) is 30.4 Å². The van der Waals surface area contributed by atoms with Crippen molar-refractivity contribution >= 4 is 50.5 Å².